The van der Waals surface area contributed by atoms with Gasteiger partial charge in [-0.3, -0.25) is 0 Å². The third kappa shape index (κ3) is 2.48. The Balaban J connectivity index is 0.000000639. The normalized spacial score (nSPS) is 12.2. The van der Waals surface area contributed by atoms with Crippen molar-refractivity contribution in [3.63, 3.8) is 0 Å². The van der Waals surface area contributed by atoms with Crippen LogP contribution in [0.15, 0.2) is 36.4 Å². The van der Waals surface area contributed by atoms with Crippen molar-refractivity contribution < 1.29 is 1.43 Å². The Morgan fingerprint density at radius 2 is 1.89 bits per heavy atom. The summed E-state index contributed by atoms with van der Waals surface area (Å²) in [7, 11) is 0. The maximum Gasteiger partial charge on any atom is 0.110 e. The average molecular weight is 256 g/mol. The zero-order valence-corrected chi connectivity index (χ0v) is 12.2. The van der Waals surface area contributed by atoms with Crippen molar-refractivity contribution in [2.75, 3.05) is 0 Å². The van der Waals surface area contributed by atoms with Crippen LogP contribution < -0.4 is 0 Å². The van der Waals surface area contributed by atoms with Gasteiger partial charge in [-0.2, -0.15) is 0 Å². The van der Waals surface area contributed by atoms with E-state index in [4.69, 9.17) is 4.98 Å². The van der Waals surface area contributed by atoms with Gasteiger partial charge >= 0.3 is 0 Å². The molecule has 19 heavy (non-hydrogen) atoms. The summed E-state index contributed by atoms with van der Waals surface area (Å²) in [6.07, 6.45) is 1.11. The standard InChI is InChI=1S/C15H16N2.C2H6.H2/c1-3-10(2)15-16-13-9-8-11-6-4-5-7-12(11)14(13)17-15;1-2;/h4-10H,3H2,1-2H3,(H,16,17);1-2H3;1H. The first-order valence-corrected chi connectivity index (χ1v) is 7.17. The lowest BCUT2D eigenvalue weighted by Crippen LogP contribution is -1.92. The zero-order valence-electron chi connectivity index (χ0n) is 12.2. The van der Waals surface area contributed by atoms with Gasteiger partial charge in [-0.1, -0.05) is 58.0 Å². The molecular formula is C17H24N2. The molecule has 1 aromatic heterocycles. The Kier molecular flexibility index (Phi) is 4.20. The summed E-state index contributed by atoms with van der Waals surface area (Å²) in [6.45, 7) is 8.40. The number of aromatic amines is 1. The molecule has 0 saturated heterocycles. The summed E-state index contributed by atoms with van der Waals surface area (Å²) < 4.78 is 0. The maximum atomic E-state index is 4.76. The molecule has 2 nitrogen and oxygen atoms in total. The second-order valence-electron chi connectivity index (χ2n) is 4.61. The lowest BCUT2D eigenvalue weighted by Gasteiger charge is -2.01. The number of nitrogens with one attached hydrogen (secondary N) is 1. The minimum atomic E-state index is 0. The van der Waals surface area contributed by atoms with Crippen LogP contribution in [-0.2, 0) is 0 Å². The van der Waals surface area contributed by atoms with E-state index in [2.05, 4.69) is 55.2 Å². The van der Waals surface area contributed by atoms with E-state index in [0.717, 1.165) is 23.3 Å². The van der Waals surface area contributed by atoms with Gasteiger partial charge in [-0.25, -0.2) is 4.98 Å². The fraction of sp³-hybridized carbons (Fsp3) is 0.353. The van der Waals surface area contributed by atoms with E-state index < -0.39 is 0 Å². The molecule has 2 aromatic carbocycles. The van der Waals surface area contributed by atoms with E-state index in [1.54, 1.807) is 0 Å². The van der Waals surface area contributed by atoms with Crippen molar-refractivity contribution in [1.29, 1.82) is 0 Å². The number of fused-ring (bicyclic) bond motifs is 3. The quantitative estimate of drug-likeness (QED) is 0.644. The first-order valence-electron chi connectivity index (χ1n) is 7.17. The van der Waals surface area contributed by atoms with Gasteiger partial charge in [0, 0.05) is 12.7 Å². The van der Waals surface area contributed by atoms with Crippen molar-refractivity contribution in [2.24, 2.45) is 0 Å². The van der Waals surface area contributed by atoms with Gasteiger partial charge in [0.2, 0.25) is 0 Å². The Bertz CT molecular complexity index is 673. The Labute approximate surface area is 116 Å². The molecule has 0 aliphatic heterocycles. The minimum Gasteiger partial charge on any atom is -0.342 e. The molecule has 2 heteroatoms. The topological polar surface area (TPSA) is 28.7 Å². The smallest absolute Gasteiger partial charge is 0.110 e. The molecule has 1 N–H and O–H groups in total. The summed E-state index contributed by atoms with van der Waals surface area (Å²) in [5.74, 6) is 1.58. The largest absolute Gasteiger partial charge is 0.342 e. The van der Waals surface area contributed by atoms with Crippen molar-refractivity contribution in [3.8, 4) is 0 Å². The van der Waals surface area contributed by atoms with Crippen LogP contribution in [0.3, 0.4) is 0 Å². The van der Waals surface area contributed by atoms with Crippen LogP contribution in [-0.4, -0.2) is 9.97 Å². The van der Waals surface area contributed by atoms with Gasteiger partial charge in [0.15, 0.2) is 0 Å². The Morgan fingerprint density at radius 1 is 1.16 bits per heavy atom. The highest BCUT2D eigenvalue weighted by Crippen LogP contribution is 2.26. The van der Waals surface area contributed by atoms with Crippen LogP contribution in [0, 0.1) is 0 Å². The number of benzene rings is 2. The van der Waals surface area contributed by atoms with E-state index in [1.807, 2.05) is 13.8 Å². The molecule has 1 heterocycles. The maximum absolute atomic E-state index is 4.76. The van der Waals surface area contributed by atoms with Crippen LogP contribution in [0.4, 0.5) is 0 Å². The Hall–Kier alpha value is -1.83. The average Bonchev–Trinajstić information content (AvgIpc) is 2.93. The summed E-state index contributed by atoms with van der Waals surface area (Å²) in [6, 6.07) is 12.7. The number of H-pyrrole nitrogens is 1. The van der Waals surface area contributed by atoms with Gasteiger partial charge < -0.3 is 4.98 Å². The molecule has 3 aromatic rings. The first kappa shape index (κ1) is 13.6. The molecular weight excluding hydrogens is 232 g/mol. The SMILES string of the molecule is CC.CCC(C)c1nc2c(ccc3ccccc32)[nH]1.[HH]. The second kappa shape index (κ2) is 5.87. The number of imidazole rings is 1. The van der Waals surface area contributed by atoms with Crippen molar-refractivity contribution in [1.82, 2.24) is 9.97 Å². The molecule has 0 amide bonds. The monoisotopic (exact) mass is 256 g/mol. The lowest BCUT2D eigenvalue weighted by molar-refractivity contribution is 0.692. The van der Waals surface area contributed by atoms with Crippen molar-refractivity contribution in [2.45, 2.75) is 40.0 Å². The molecule has 1 unspecified atom stereocenters. The van der Waals surface area contributed by atoms with Crippen LogP contribution in [0.25, 0.3) is 21.8 Å². The second-order valence-corrected chi connectivity index (χ2v) is 4.61. The Morgan fingerprint density at radius 3 is 2.63 bits per heavy atom. The highest BCUT2D eigenvalue weighted by atomic mass is 14.9. The molecule has 0 aliphatic carbocycles. The highest BCUT2D eigenvalue weighted by molar-refractivity contribution is 6.04. The van der Waals surface area contributed by atoms with Gasteiger partial charge in [-0.15, -0.1) is 0 Å². The van der Waals surface area contributed by atoms with Crippen LogP contribution in [0.2, 0.25) is 0 Å². The van der Waals surface area contributed by atoms with Crippen molar-refractivity contribution in [3.05, 3.63) is 42.2 Å². The first-order chi connectivity index (χ1) is 9.29. The number of nitrogens with zero attached hydrogens (tertiary/aromatic N) is 1. The third-order valence-corrected chi connectivity index (χ3v) is 3.47. The van der Waals surface area contributed by atoms with E-state index >= 15 is 0 Å². The van der Waals surface area contributed by atoms with Crippen LogP contribution in [0.1, 0.15) is 47.3 Å². The zero-order chi connectivity index (χ0) is 13.8. The number of aromatic nitrogens is 2. The molecule has 0 fully saturated rings. The van der Waals surface area contributed by atoms with E-state index in [0.29, 0.717) is 5.92 Å². The lowest BCUT2D eigenvalue weighted by atomic mass is 10.1. The summed E-state index contributed by atoms with van der Waals surface area (Å²) in [5, 5.41) is 2.48. The predicted molar refractivity (Wildman–Crippen MR) is 85.8 cm³/mol. The summed E-state index contributed by atoms with van der Waals surface area (Å²) in [5.41, 5.74) is 2.23. The third-order valence-electron chi connectivity index (χ3n) is 3.47. The van der Waals surface area contributed by atoms with Gasteiger partial charge in [0.1, 0.15) is 5.82 Å². The minimum absolute atomic E-state index is 0. The van der Waals surface area contributed by atoms with Crippen LogP contribution in [0.5, 0.6) is 0 Å². The number of hydrogen-bond donors (Lipinski definition) is 1. The van der Waals surface area contributed by atoms with Gasteiger partial charge in [-0.05, 0) is 17.9 Å². The molecule has 0 aliphatic rings. The molecule has 102 valence electrons. The fourth-order valence-corrected chi connectivity index (χ4v) is 2.19. The van der Waals surface area contributed by atoms with E-state index in [-0.39, 0.29) is 1.43 Å². The van der Waals surface area contributed by atoms with Gasteiger partial charge in [0.25, 0.3) is 0 Å². The number of hydrogen-bond acceptors (Lipinski definition) is 1. The summed E-state index contributed by atoms with van der Waals surface area (Å²) in [4.78, 5) is 8.18. The van der Waals surface area contributed by atoms with Gasteiger partial charge in [0.05, 0.1) is 11.0 Å². The fourth-order valence-electron chi connectivity index (χ4n) is 2.19. The van der Waals surface area contributed by atoms with E-state index in [9.17, 15) is 0 Å². The van der Waals surface area contributed by atoms with Crippen LogP contribution >= 0.6 is 0 Å². The summed E-state index contributed by atoms with van der Waals surface area (Å²) >= 11 is 0. The molecule has 0 radical (unpaired) electrons. The highest BCUT2D eigenvalue weighted by Gasteiger charge is 2.10. The molecule has 0 saturated carbocycles. The molecule has 1 atom stereocenters. The van der Waals surface area contributed by atoms with Crippen molar-refractivity contribution >= 4 is 21.8 Å². The molecule has 0 spiro atoms. The molecule has 3 rings (SSSR count). The predicted octanol–water partition coefficient (Wildman–Crippen LogP) is 5.50. The number of rotatable bonds is 2. The van der Waals surface area contributed by atoms with E-state index in [1.165, 1.54) is 10.8 Å². The molecule has 0 bridgehead atoms.